The Bertz CT molecular complexity index is 307. The maximum atomic E-state index is 8.68. The van der Waals surface area contributed by atoms with E-state index in [1.807, 2.05) is 0 Å². The van der Waals surface area contributed by atoms with Crippen LogP contribution in [0.4, 0.5) is 0 Å². The molecule has 0 aromatic heterocycles. The minimum Gasteiger partial charge on any atom is -0.409 e. The van der Waals surface area contributed by atoms with Crippen molar-refractivity contribution in [2.24, 2.45) is 10.9 Å². The zero-order valence-electron chi connectivity index (χ0n) is 12.2. The molecule has 2 saturated heterocycles. The second-order valence-electron chi connectivity index (χ2n) is 6.14. The van der Waals surface area contributed by atoms with Crippen LogP contribution in [0.5, 0.6) is 0 Å². The second-order valence-corrected chi connectivity index (χ2v) is 6.14. The minimum absolute atomic E-state index is 0.324. The first-order valence-corrected chi connectivity index (χ1v) is 7.58. The van der Waals surface area contributed by atoms with Gasteiger partial charge in [-0.05, 0) is 39.2 Å². The summed E-state index contributed by atoms with van der Waals surface area (Å²) in [6.07, 6.45) is 8.17. The van der Waals surface area contributed by atoms with Gasteiger partial charge in [-0.2, -0.15) is 0 Å². The molecule has 4 N–H and O–H groups in total. The Morgan fingerprint density at radius 1 is 1.42 bits per heavy atom. The largest absolute Gasteiger partial charge is 0.409 e. The van der Waals surface area contributed by atoms with Gasteiger partial charge in [0, 0.05) is 30.6 Å². The van der Waals surface area contributed by atoms with Crippen molar-refractivity contribution in [2.75, 3.05) is 7.05 Å². The fourth-order valence-electron chi connectivity index (χ4n) is 3.70. The molecule has 2 heterocycles. The van der Waals surface area contributed by atoms with Crippen LogP contribution in [0.2, 0.25) is 0 Å². The third kappa shape index (κ3) is 3.60. The third-order valence-electron chi connectivity index (χ3n) is 4.89. The standard InChI is InChI=1S/C14H28N4O/c1-3-10(9-14(15)17-19)16-11-7-12-5-4-6-13(8-11)18(12)2/h10-13,16,19H,3-9H2,1-2H3,(H2,15,17). The van der Waals surface area contributed by atoms with Crippen LogP contribution in [-0.2, 0) is 0 Å². The zero-order chi connectivity index (χ0) is 13.8. The molecular formula is C14H28N4O. The first kappa shape index (κ1) is 14.6. The number of rotatable bonds is 5. The summed E-state index contributed by atoms with van der Waals surface area (Å²) in [7, 11) is 2.28. The van der Waals surface area contributed by atoms with Crippen LogP contribution in [0.3, 0.4) is 0 Å². The molecule has 0 aromatic carbocycles. The number of oxime groups is 1. The number of piperidine rings is 2. The molecule has 110 valence electrons. The smallest absolute Gasteiger partial charge is 0.140 e. The molecule has 0 spiro atoms. The highest BCUT2D eigenvalue weighted by atomic mass is 16.4. The van der Waals surface area contributed by atoms with Crippen molar-refractivity contribution in [3.63, 3.8) is 0 Å². The molecule has 5 heteroatoms. The van der Waals surface area contributed by atoms with Crippen LogP contribution >= 0.6 is 0 Å². The topological polar surface area (TPSA) is 73.9 Å². The molecule has 19 heavy (non-hydrogen) atoms. The lowest BCUT2D eigenvalue weighted by Crippen LogP contribution is -2.56. The molecule has 0 saturated carbocycles. The number of nitrogens with two attached hydrogens (primary N) is 1. The van der Waals surface area contributed by atoms with Crippen LogP contribution in [0.15, 0.2) is 5.16 Å². The first-order chi connectivity index (χ1) is 9.13. The van der Waals surface area contributed by atoms with Gasteiger partial charge in [0.05, 0.1) is 0 Å². The summed E-state index contributed by atoms with van der Waals surface area (Å²) in [4.78, 5) is 2.58. The van der Waals surface area contributed by atoms with Gasteiger partial charge in [0.25, 0.3) is 0 Å². The van der Waals surface area contributed by atoms with E-state index in [0.29, 0.717) is 24.3 Å². The van der Waals surface area contributed by atoms with Gasteiger partial charge < -0.3 is 21.2 Å². The summed E-state index contributed by atoms with van der Waals surface area (Å²) in [6.45, 7) is 2.15. The summed E-state index contributed by atoms with van der Waals surface area (Å²) < 4.78 is 0. The lowest BCUT2D eigenvalue weighted by molar-refractivity contribution is 0.0458. The minimum atomic E-state index is 0.324. The van der Waals surface area contributed by atoms with Gasteiger partial charge in [0.15, 0.2) is 0 Å². The van der Waals surface area contributed by atoms with Gasteiger partial charge in [-0.25, -0.2) is 0 Å². The predicted octanol–water partition coefficient (Wildman–Crippen LogP) is 1.51. The quantitative estimate of drug-likeness (QED) is 0.306. The number of amidine groups is 1. The Kier molecular flexibility index (Phi) is 5.05. The lowest BCUT2D eigenvalue weighted by Gasteiger charge is -2.48. The Balaban J connectivity index is 1.88. The molecule has 2 rings (SSSR count). The average molecular weight is 268 g/mol. The number of nitrogens with zero attached hydrogens (tertiary/aromatic N) is 2. The monoisotopic (exact) mass is 268 g/mol. The van der Waals surface area contributed by atoms with Crippen molar-refractivity contribution >= 4 is 5.84 Å². The Labute approximate surface area is 116 Å². The number of nitrogens with one attached hydrogen (secondary N) is 1. The van der Waals surface area contributed by atoms with Crippen molar-refractivity contribution in [2.45, 2.75) is 76.0 Å². The highest BCUT2D eigenvalue weighted by molar-refractivity contribution is 5.80. The van der Waals surface area contributed by atoms with E-state index in [9.17, 15) is 0 Å². The summed E-state index contributed by atoms with van der Waals surface area (Å²) in [5, 5.41) is 15.5. The molecule has 0 amide bonds. The van der Waals surface area contributed by atoms with Gasteiger partial charge in [0.2, 0.25) is 0 Å². The molecule has 0 aromatic rings. The van der Waals surface area contributed by atoms with Crippen LogP contribution < -0.4 is 11.1 Å². The Morgan fingerprint density at radius 3 is 2.58 bits per heavy atom. The zero-order valence-corrected chi connectivity index (χ0v) is 12.2. The van der Waals surface area contributed by atoms with E-state index in [4.69, 9.17) is 10.9 Å². The van der Waals surface area contributed by atoms with Gasteiger partial charge >= 0.3 is 0 Å². The molecule has 2 aliphatic heterocycles. The van der Waals surface area contributed by atoms with Crippen LogP contribution in [-0.4, -0.2) is 47.2 Å². The highest BCUT2D eigenvalue weighted by Crippen LogP contribution is 2.32. The molecular weight excluding hydrogens is 240 g/mol. The van der Waals surface area contributed by atoms with Crippen LogP contribution in [0, 0.1) is 0 Å². The molecule has 2 aliphatic rings. The Morgan fingerprint density at radius 2 is 2.05 bits per heavy atom. The predicted molar refractivity (Wildman–Crippen MR) is 77.5 cm³/mol. The van der Waals surface area contributed by atoms with Crippen molar-refractivity contribution in [1.82, 2.24) is 10.2 Å². The third-order valence-corrected chi connectivity index (χ3v) is 4.89. The first-order valence-electron chi connectivity index (χ1n) is 7.58. The van der Waals surface area contributed by atoms with E-state index in [1.54, 1.807) is 0 Å². The normalized spacial score (nSPS) is 34.2. The van der Waals surface area contributed by atoms with E-state index in [-0.39, 0.29) is 0 Å². The molecule has 5 nitrogen and oxygen atoms in total. The van der Waals surface area contributed by atoms with E-state index >= 15 is 0 Å². The molecule has 0 radical (unpaired) electrons. The fraction of sp³-hybridized carbons (Fsp3) is 0.929. The van der Waals surface area contributed by atoms with Gasteiger partial charge in [-0.1, -0.05) is 18.5 Å². The average Bonchev–Trinajstić information content (AvgIpc) is 2.38. The van der Waals surface area contributed by atoms with E-state index in [1.165, 1.54) is 32.1 Å². The maximum absolute atomic E-state index is 8.68. The van der Waals surface area contributed by atoms with Crippen molar-refractivity contribution < 1.29 is 5.21 Å². The molecule has 2 bridgehead atoms. The molecule has 3 unspecified atom stereocenters. The summed E-state index contributed by atoms with van der Waals surface area (Å²) in [5.74, 6) is 0.326. The highest BCUT2D eigenvalue weighted by Gasteiger charge is 2.36. The number of hydrogen-bond donors (Lipinski definition) is 3. The van der Waals surface area contributed by atoms with Gasteiger partial charge in [-0.3, -0.25) is 0 Å². The van der Waals surface area contributed by atoms with E-state index in [0.717, 1.165) is 18.5 Å². The Hall–Kier alpha value is -0.810. The van der Waals surface area contributed by atoms with Crippen molar-refractivity contribution in [1.29, 1.82) is 0 Å². The van der Waals surface area contributed by atoms with Crippen molar-refractivity contribution in [3.8, 4) is 0 Å². The molecule has 3 atom stereocenters. The number of hydrogen-bond acceptors (Lipinski definition) is 4. The summed E-state index contributed by atoms with van der Waals surface area (Å²) in [5.41, 5.74) is 5.62. The lowest BCUT2D eigenvalue weighted by atomic mass is 9.82. The fourth-order valence-corrected chi connectivity index (χ4v) is 3.70. The van der Waals surface area contributed by atoms with E-state index < -0.39 is 0 Å². The summed E-state index contributed by atoms with van der Waals surface area (Å²) >= 11 is 0. The number of fused-ring (bicyclic) bond motifs is 2. The SMILES string of the molecule is CCC(CC(N)=NO)NC1CC2CCCC(C1)N2C. The van der Waals surface area contributed by atoms with Gasteiger partial charge in [-0.15, -0.1) is 0 Å². The molecule has 0 aliphatic carbocycles. The summed E-state index contributed by atoms with van der Waals surface area (Å²) in [6, 6.07) is 2.39. The second kappa shape index (κ2) is 6.57. The van der Waals surface area contributed by atoms with E-state index in [2.05, 4.69) is 29.3 Å². The van der Waals surface area contributed by atoms with Crippen LogP contribution in [0.25, 0.3) is 0 Å². The maximum Gasteiger partial charge on any atom is 0.140 e. The molecule has 2 fully saturated rings. The van der Waals surface area contributed by atoms with Gasteiger partial charge in [0.1, 0.15) is 5.84 Å². The van der Waals surface area contributed by atoms with Crippen molar-refractivity contribution in [3.05, 3.63) is 0 Å². The van der Waals surface area contributed by atoms with Crippen LogP contribution in [0.1, 0.15) is 51.9 Å².